The number of amides is 1. The van der Waals surface area contributed by atoms with Gasteiger partial charge in [-0.2, -0.15) is 0 Å². The highest BCUT2D eigenvalue weighted by Gasteiger charge is 2.21. The van der Waals surface area contributed by atoms with Crippen LogP contribution in [0.1, 0.15) is 23.2 Å². The molecule has 0 heterocycles. The molecular formula is C15H22N2O3. The van der Waals surface area contributed by atoms with Crippen molar-refractivity contribution >= 4 is 11.6 Å². The number of carbonyl (C=O) groups excluding carboxylic acids is 1. The molecule has 2 rings (SSSR count). The Bertz CT molecular complexity index is 472. The highest BCUT2D eigenvalue weighted by Crippen LogP contribution is 2.28. The molecule has 1 aromatic carbocycles. The summed E-state index contributed by atoms with van der Waals surface area (Å²) in [6.07, 6.45) is 2.55. The van der Waals surface area contributed by atoms with E-state index in [2.05, 4.69) is 0 Å². The summed E-state index contributed by atoms with van der Waals surface area (Å²) in [4.78, 5) is 14.0. The zero-order valence-electron chi connectivity index (χ0n) is 12.1. The third-order valence-electron chi connectivity index (χ3n) is 3.42. The van der Waals surface area contributed by atoms with Crippen LogP contribution in [0.25, 0.3) is 0 Å². The number of anilines is 1. The number of likely N-dealkylation sites (N-methyl/N-ethyl adjacent to an activating group) is 1. The van der Waals surface area contributed by atoms with Gasteiger partial charge < -0.3 is 20.1 Å². The van der Waals surface area contributed by atoms with Crippen molar-refractivity contribution < 1.29 is 14.3 Å². The van der Waals surface area contributed by atoms with Crippen LogP contribution >= 0.6 is 0 Å². The summed E-state index contributed by atoms with van der Waals surface area (Å²) in [5.41, 5.74) is 6.78. The van der Waals surface area contributed by atoms with Crippen molar-refractivity contribution in [3.8, 4) is 5.75 Å². The van der Waals surface area contributed by atoms with Gasteiger partial charge in [0, 0.05) is 32.0 Å². The maximum absolute atomic E-state index is 12.3. The molecule has 20 heavy (non-hydrogen) atoms. The van der Waals surface area contributed by atoms with Crippen molar-refractivity contribution in [2.75, 3.05) is 39.6 Å². The molecule has 5 nitrogen and oxygen atoms in total. The van der Waals surface area contributed by atoms with Gasteiger partial charge in [-0.15, -0.1) is 0 Å². The minimum Gasteiger partial charge on any atom is -0.496 e. The number of methoxy groups -OCH3 is 1. The Balaban J connectivity index is 1.88. The molecule has 0 spiro atoms. The molecular weight excluding hydrogens is 256 g/mol. The van der Waals surface area contributed by atoms with E-state index in [0.717, 1.165) is 12.5 Å². The molecule has 5 heteroatoms. The molecule has 0 atom stereocenters. The first-order chi connectivity index (χ1) is 9.61. The van der Waals surface area contributed by atoms with Gasteiger partial charge >= 0.3 is 0 Å². The Morgan fingerprint density at radius 1 is 1.45 bits per heavy atom. The fourth-order valence-electron chi connectivity index (χ4n) is 1.93. The van der Waals surface area contributed by atoms with E-state index in [9.17, 15) is 4.79 Å². The van der Waals surface area contributed by atoms with Crippen LogP contribution < -0.4 is 10.5 Å². The van der Waals surface area contributed by atoms with Gasteiger partial charge in [0.25, 0.3) is 5.91 Å². The van der Waals surface area contributed by atoms with Crippen LogP contribution in [0.2, 0.25) is 0 Å². The second-order valence-electron chi connectivity index (χ2n) is 5.20. The molecule has 0 radical (unpaired) electrons. The van der Waals surface area contributed by atoms with Gasteiger partial charge in [0.15, 0.2) is 0 Å². The molecule has 1 amide bonds. The summed E-state index contributed by atoms with van der Waals surface area (Å²) in [7, 11) is 3.29. The number of nitrogens with two attached hydrogens (primary N) is 1. The van der Waals surface area contributed by atoms with E-state index in [1.807, 2.05) is 0 Å². The molecule has 1 saturated carbocycles. The lowest BCUT2D eigenvalue weighted by Gasteiger charge is -2.18. The Morgan fingerprint density at radius 2 is 2.20 bits per heavy atom. The van der Waals surface area contributed by atoms with Crippen LogP contribution in [-0.4, -0.2) is 44.7 Å². The second-order valence-corrected chi connectivity index (χ2v) is 5.20. The molecule has 2 N–H and O–H groups in total. The van der Waals surface area contributed by atoms with E-state index in [1.54, 1.807) is 30.1 Å². The topological polar surface area (TPSA) is 64.8 Å². The minimum absolute atomic E-state index is 0.0862. The first-order valence-electron chi connectivity index (χ1n) is 6.88. The number of rotatable bonds is 7. The lowest BCUT2D eigenvalue weighted by molar-refractivity contribution is 0.0678. The van der Waals surface area contributed by atoms with Gasteiger partial charge in [-0.25, -0.2) is 0 Å². The van der Waals surface area contributed by atoms with Crippen LogP contribution in [0.3, 0.4) is 0 Å². The number of ether oxygens (including phenoxy) is 2. The van der Waals surface area contributed by atoms with Crippen LogP contribution in [0.15, 0.2) is 18.2 Å². The van der Waals surface area contributed by atoms with Crippen molar-refractivity contribution in [3.63, 3.8) is 0 Å². The number of hydrogen-bond acceptors (Lipinski definition) is 4. The van der Waals surface area contributed by atoms with Crippen LogP contribution in [0.4, 0.5) is 5.69 Å². The highest BCUT2D eigenvalue weighted by molar-refractivity contribution is 5.97. The number of nitrogens with zero attached hydrogens (tertiary/aromatic N) is 1. The quantitative estimate of drug-likeness (QED) is 0.610. The van der Waals surface area contributed by atoms with Crippen LogP contribution in [0.5, 0.6) is 5.75 Å². The molecule has 1 aliphatic rings. The largest absolute Gasteiger partial charge is 0.496 e. The van der Waals surface area contributed by atoms with E-state index >= 15 is 0 Å². The van der Waals surface area contributed by atoms with Gasteiger partial charge in [0.2, 0.25) is 0 Å². The minimum atomic E-state index is -0.0862. The molecule has 0 saturated heterocycles. The first kappa shape index (κ1) is 14.7. The first-order valence-corrected chi connectivity index (χ1v) is 6.88. The SMILES string of the molecule is COc1cc(N)ccc1C(=O)N(C)CCOCC1CC1. The van der Waals surface area contributed by atoms with E-state index in [0.29, 0.717) is 30.2 Å². The van der Waals surface area contributed by atoms with Gasteiger partial charge in [-0.1, -0.05) is 0 Å². The third-order valence-corrected chi connectivity index (χ3v) is 3.42. The van der Waals surface area contributed by atoms with Crippen molar-refractivity contribution in [1.29, 1.82) is 0 Å². The number of nitrogen functional groups attached to an aromatic ring is 1. The summed E-state index contributed by atoms with van der Waals surface area (Å²) in [6, 6.07) is 5.05. The van der Waals surface area contributed by atoms with Gasteiger partial charge in [-0.05, 0) is 30.9 Å². The van der Waals surface area contributed by atoms with Gasteiger partial charge in [0.05, 0.1) is 19.3 Å². The summed E-state index contributed by atoms with van der Waals surface area (Å²) < 4.78 is 10.7. The molecule has 1 aromatic rings. The van der Waals surface area contributed by atoms with Crippen LogP contribution in [-0.2, 0) is 4.74 Å². The Hall–Kier alpha value is -1.75. The summed E-state index contributed by atoms with van der Waals surface area (Å²) in [5, 5.41) is 0. The maximum atomic E-state index is 12.3. The maximum Gasteiger partial charge on any atom is 0.257 e. The summed E-state index contributed by atoms with van der Waals surface area (Å²) in [5.74, 6) is 1.16. The van der Waals surface area contributed by atoms with E-state index in [1.165, 1.54) is 20.0 Å². The zero-order valence-corrected chi connectivity index (χ0v) is 12.1. The predicted octanol–water partition coefficient (Wildman–Crippen LogP) is 1.78. The van der Waals surface area contributed by atoms with Gasteiger partial charge in [-0.3, -0.25) is 4.79 Å². The Labute approximate surface area is 119 Å². The summed E-state index contributed by atoms with van der Waals surface area (Å²) >= 11 is 0. The van der Waals surface area contributed by atoms with E-state index < -0.39 is 0 Å². The molecule has 110 valence electrons. The van der Waals surface area contributed by atoms with Crippen LogP contribution in [0, 0.1) is 5.92 Å². The van der Waals surface area contributed by atoms with Crippen molar-refractivity contribution in [1.82, 2.24) is 4.90 Å². The van der Waals surface area contributed by atoms with Gasteiger partial charge in [0.1, 0.15) is 5.75 Å². The Kier molecular flexibility index (Phi) is 4.84. The molecule has 0 aliphatic heterocycles. The lowest BCUT2D eigenvalue weighted by Crippen LogP contribution is -2.30. The molecule has 0 aromatic heterocycles. The van der Waals surface area contributed by atoms with E-state index in [4.69, 9.17) is 15.2 Å². The highest BCUT2D eigenvalue weighted by atomic mass is 16.5. The normalized spacial score (nSPS) is 14.1. The smallest absolute Gasteiger partial charge is 0.257 e. The summed E-state index contributed by atoms with van der Waals surface area (Å²) in [6.45, 7) is 1.95. The third kappa shape index (κ3) is 3.87. The molecule has 0 unspecified atom stereocenters. The monoisotopic (exact) mass is 278 g/mol. The molecule has 0 bridgehead atoms. The van der Waals surface area contributed by atoms with E-state index in [-0.39, 0.29) is 5.91 Å². The number of hydrogen-bond donors (Lipinski definition) is 1. The number of carbonyl (C=O) groups is 1. The molecule has 1 fully saturated rings. The molecule has 1 aliphatic carbocycles. The average Bonchev–Trinajstić information content (AvgIpc) is 3.26. The van der Waals surface area contributed by atoms with Crippen molar-refractivity contribution in [2.24, 2.45) is 5.92 Å². The number of benzene rings is 1. The lowest BCUT2D eigenvalue weighted by atomic mass is 10.1. The average molecular weight is 278 g/mol. The fraction of sp³-hybridized carbons (Fsp3) is 0.533. The standard InChI is InChI=1S/C15H22N2O3/c1-17(7-8-20-10-11-3-4-11)15(18)13-6-5-12(16)9-14(13)19-2/h5-6,9,11H,3-4,7-8,10,16H2,1-2H3. The van der Waals surface area contributed by atoms with Crippen molar-refractivity contribution in [2.45, 2.75) is 12.8 Å². The fourth-order valence-corrected chi connectivity index (χ4v) is 1.93. The second kappa shape index (κ2) is 6.61. The zero-order chi connectivity index (χ0) is 14.5. The Morgan fingerprint density at radius 3 is 2.85 bits per heavy atom. The predicted molar refractivity (Wildman–Crippen MR) is 77.9 cm³/mol. The van der Waals surface area contributed by atoms with Crippen molar-refractivity contribution in [3.05, 3.63) is 23.8 Å².